The maximum atomic E-state index is 13.0. The van der Waals surface area contributed by atoms with Gasteiger partial charge in [0.1, 0.15) is 6.54 Å². The first kappa shape index (κ1) is 24.7. The lowest BCUT2D eigenvalue weighted by atomic mass is 10.1. The molecule has 0 saturated carbocycles. The number of hydrazone groups is 1. The van der Waals surface area contributed by atoms with Crippen LogP contribution in [0.25, 0.3) is 0 Å². The van der Waals surface area contributed by atoms with Crippen LogP contribution in [-0.2, 0) is 27.4 Å². The standard InChI is InChI=1S/C20H21ClF3N3O3S/c1-14(8-9-15-6-4-3-5-7-15)25-26-19(28)13-27(31(2,29)30)18-12-16(20(22,23)24)10-11-17(18)21/h3-7,10-12H,8-9,13H2,1-2H3,(H,26,28)/b25-14+. The van der Waals surface area contributed by atoms with Crippen molar-refractivity contribution in [1.29, 1.82) is 0 Å². The number of aryl methyl sites for hydroxylation is 1. The summed E-state index contributed by atoms with van der Waals surface area (Å²) in [7, 11) is -4.11. The fourth-order valence-electron chi connectivity index (χ4n) is 2.61. The molecule has 6 nitrogen and oxygen atoms in total. The van der Waals surface area contributed by atoms with Crippen LogP contribution in [-0.4, -0.2) is 32.8 Å². The Morgan fingerprint density at radius 3 is 2.39 bits per heavy atom. The first-order valence-corrected chi connectivity index (χ1v) is 11.3. The summed E-state index contributed by atoms with van der Waals surface area (Å²) in [5, 5.41) is 3.69. The zero-order chi connectivity index (χ0) is 23.2. The van der Waals surface area contributed by atoms with Gasteiger partial charge in [0.15, 0.2) is 0 Å². The molecular weight excluding hydrogens is 455 g/mol. The highest BCUT2D eigenvalue weighted by Gasteiger charge is 2.33. The van der Waals surface area contributed by atoms with Crippen LogP contribution in [0.15, 0.2) is 53.6 Å². The van der Waals surface area contributed by atoms with Gasteiger partial charge in [-0.15, -0.1) is 0 Å². The largest absolute Gasteiger partial charge is 0.416 e. The van der Waals surface area contributed by atoms with E-state index in [4.69, 9.17) is 11.6 Å². The first-order chi connectivity index (χ1) is 14.4. The summed E-state index contributed by atoms with van der Waals surface area (Å²) in [4.78, 5) is 12.3. The van der Waals surface area contributed by atoms with E-state index in [9.17, 15) is 26.4 Å². The highest BCUT2D eigenvalue weighted by molar-refractivity contribution is 7.92. The van der Waals surface area contributed by atoms with E-state index in [0.29, 0.717) is 28.9 Å². The van der Waals surface area contributed by atoms with Crippen LogP contribution in [0.1, 0.15) is 24.5 Å². The molecule has 0 heterocycles. The van der Waals surface area contributed by atoms with Crippen molar-refractivity contribution in [3.8, 4) is 0 Å². The maximum absolute atomic E-state index is 13.0. The molecule has 2 rings (SSSR count). The quantitative estimate of drug-likeness (QED) is 0.458. The van der Waals surface area contributed by atoms with Crippen LogP contribution in [0.2, 0.25) is 5.02 Å². The lowest BCUT2D eigenvalue weighted by molar-refractivity contribution is -0.137. The Morgan fingerprint density at radius 1 is 1.16 bits per heavy atom. The smallest absolute Gasteiger partial charge is 0.271 e. The van der Waals surface area contributed by atoms with E-state index in [0.717, 1.165) is 24.0 Å². The molecule has 31 heavy (non-hydrogen) atoms. The number of carbonyl (C=O) groups is 1. The van der Waals surface area contributed by atoms with Gasteiger partial charge in [-0.1, -0.05) is 41.9 Å². The van der Waals surface area contributed by atoms with Gasteiger partial charge in [0.2, 0.25) is 10.0 Å². The summed E-state index contributed by atoms with van der Waals surface area (Å²) in [6.45, 7) is 0.913. The van der Waals surface area contributed by atoms with E-state index in [2.05, 4.69) is 10.5 Å². The van der Waals surface area contributed by atoms with Crippen LogP contribution in [0.3, 0.4) is 0 Å². The molecule has 0 aliphatic carbocycles. The molecule has 0 saturated heterocycles. The van der Waals surface area contributed by atoms with E-state index < -0.39 is 39.9 Å². The Balaban J connectivity index is 2.12. The van der Waals surface area contributed by atoms with Gasteiger partial charge in [-0.25, -0.2) is 13.8 Å². The number of benzene rings is 2. The molecule has 1 amide bonds. The van der Waals surface area contributed by atoms with Gasteiger partial charge in [-0.2, -0.15) is 18.3 Å². The van der Waals surface area contributed by atoms with Crippen molar-refractivity contribution < 1.29 is 26.4 Å². The van der Waals surface area contributed by atoms with Gasteiger partial charge in [0.05, 0.1) is 22.5 Å². The number of sulfonamides is 1. The lowest BCUT2D eigenvalue weighted by Gasteiger charge is -2.23. The van der Waals surface area contributed by atoms with E-state index in [1.165, 1.54) is 0 Å². The van der Waals surface area contributed by atoms with Crippen molar-refractivity contribution in [1.82, 2.24) is 5.43 Å². The summed E-state index contributed by atoms with van der Waals surface area (Å²) in [6.07, 6.45) is -2.68. The van der Waals surface area contributed by atoms with Crippen LogP contribution in [0, 0.1) is 0 Å². The molecule has 168 valence electrons. The Hall–Kier alpha value is -2.59. The number of anilines is 1. The zero-order valence-corrected chi connectivity index (χ0v) is 18.4. The molecule has 0 aromatic heterocycles. The van der Waals surface area contributed by atoms with Crippen molar-refractivity contribution in [3.63, 3.8) is 0 Å². The number of nitrogens with zero attached hydrogens (tertiary/aromatic N) is 2. The monoisotopic (exact) mass is 475 g/mol. The third-order valence-electron chi connectivity index (χ3n) is 4.22. The van der Waals surface area contributed by atoms with Crippen LogP contribution >= 0.6 is 11.6 Å². The highest BCUT2D eigenvalue weighted by atomic mass is 35.5. The summed E-state index contributed by atoms with van der Waals surface area (Å²) >= 11 is 5.92. The molecule has 1 N–H and O–H groups in total. The second-order valence-electron chi connectivity index (χ2n) is 6.80. The third-order valence-corrected chi connectivity index (χ3v) is 5.67. The van der Waals surface area contributed by atoms with Crippen LogP contribution < -0.4 is 9.73 Å². The summed E-state index contributed by atoms with van der Waals surface area (Å²) in [6, 6.07) is 11.9. The first-order valence-electron chi connectivity index (χ1n) is 9.08. The van der Waals surface area contributed by atoms with Gasteiger partial charge < -0.3 is 0 Å². The SMILES string of the molecule is C/C(CCc1ccccc1)=N\NC(=O)CN(c1cc(C(F)(F)F)ccc1Cl)S(C)(=O)=O. The summed E-state index contributed by atoms with van der Waals surface area (Å²) < 4.78 is 63.9. The molecule has 11 heteroatoms. The van der Waals surface area contributed by atoms with E-state index in [1.54, 1.807) is 6.92 Å². The molecule has 0 aliphatic heterocycles. The molecule has 0 radical (unpaired) electrons. The van der Waals surface area contributed by atoms with E-state index in [-0.39, 0.29) is 5.02 Å². The van der Waals surface area contributed by atoms with Crippen molar-refractivity contribution in [2.75, 3.05) is 17.1 Å². The van der Waals surface area contributed by atoms with Crippen molar-refractivity contribution >= 4 is 38.9 Å². The molecule has 0 spiro atoms. The molecule has 2 aromatic carbocycles. The number of nitrogens with one attached hydrogen (secondary N) is 1. The predicted molar refractivity (Wildman–Crippen MR) is 115 cm³/mol. The Morgan fingerprint density at radius 2 is 1.81 bits per heavy atom. The maximum Gasteiger partial charge on any atom is 0.416 e. The second kappa shape index (κ2) is 10.1. The number of hydrogen-bond donors (Lipinski definition) is 1. The Labute approximate surface area is 183 Å². The van der Waals surface area contributed by atoms with Gasteiger partial charge in [-0.3, -0.25) is 9.10 Å². The minimum absolute atomic E-state index is 0.242. The highest BCUT2D eigenvalue weighted by Crippen LogP contribution is 2.36. The average molecular weight is 476 g/mol. The molecule has 0 bridgehead atoms. The van der Waals surface area contributed by atoms with E-state index in [1.807, 2.05) is 30.3 Å². The number of amides is 1. The van der Waals surface area contributed by atoms with E-state index >= 15 is 0 Å². The lowest BCUT2D eigenvalue weighted by Crippen LogP contribution is -2.39. The Bertz CT molecular complexity index is 1060. The van der Waals surface area contributed by atoms with Gasteiger partial charge in [-0.05, 0) is 43.5 Å². The average Bonchev–Trinajstić information content (AvgIpc) is 2.68. The molecule has 2 aromatic rings. The summed E-state index contributed by atoms with van der Waals surface area (Å²) in [5.41, 5.74) is 2.39. The topological polar surface area (TPSA) is 78.8 Å². The number of halogens is 4. The van der Waals surface area contributed by atoms with Gasteiger partial charge in [0, 0.05) is 5.71 Å². The van der Waals surface area contributed by atoms with Crippen molar-refractivity contribution in [2.45, 2.75) is 25.9 Å². The van der Waals surface area contributed by atoms with Crippen LogP contribution in [0.4, 0.5) is 18.9 Å². The Kier molecular flexibility index (Phi) is 8.08. The fourth-order valence-corrected chi connectivity index (χ4v) is 3.74. The number of rotatable bonds is 8. The molecular formula is C20H21ClF3N3O3S. The molecule has 0 unspecified atom stereocenters. The normalized spacial score (nSPS) is 12.5. The molecule has 0 aliphatic rings. The second-order valence-corrected chi connectivity index (χ2v) is 9.12. The summed E-state index contributed by atoms with van der Waals surface area (Å²) in [5.74, 6) is -0.821. The van der Waals surface area contributed by atoms with Crippen LogP contribution in [0.5, 0.6) is 0 Å². The molecule has 0 fully saturated rings. The zero-order valence-electron chi connectivity index (χ0n) is 16.8. The fraction of sp³-hybridized carbons (Fsp3) is 0.300. The minimum Gasteiger partial charge on any atom is -0.271 e. The van der Waals surface area contributed by atoms with Crippen molar-refractivity contribution in [3.05, 3.63) is 64.7 Å². The van der Waals surface area contributed by atoms with Gasteiger partial charge >= 0.3 is 6.18 Å². The molecule has 0 atom stereocenters. The van der Waals surface area contributed by atoms with Crippen molar-refractivity contribution in [2.24, 2.45) is 5.10 Å². The number of alkyl halides is 3. The predicted octanol–water partition coefficient (Wildman–Crippen LogP) is 4.25. The number of carbonyl (C=O) groups excluding carboxylic acids is 1. The minimum atomic E-state index is -4.70. The number of hydrogen-bond acceptors (Lipinski definition) is 4. The third kappa shape index (κ3) is 7.55. The van der Waals surface area contributed by atoms with Gasteiger partial charge in [0.25, 0.3) is 5.91 Å².